The largest absolute Gasteiger partial charge is 0.359 e. The molecule has 1 fully saturated rings. The quantitative estimate of drug-likeness (QED) is 0.844. The molecule has 4 heteroatoms. The molecule has 1 aliphatic heterocycles. The lowest BCUT2D eigenvalue weighted by Gasteiger charge is -2.22. The van der Waals surface area contributed by atoms with Gasteiger partial charge >= 0.3 is 0 Å². The fourth-order valence-corrected chi connectivity index (χ4v) is 2.71. The second-order valence-electron chi connectivity index (χ2n) is 5.06. The van der Waals surface area contributed by atoms with Gasteiger partial charge in [0.2, 0.25) is 0 Å². The Morgan fingerprint density at radius 1 is 1.37 bits per heavy atom. The Morgan fingerprint density at radius 3 is 2.95 bits per heavy atom. The highest BCUT2D eigenvalue weighted by Crippen LogP contribution is 2.33. The molecule has 0 radical (unpaired) electrons. The molecule has 4 nitrogen and oxygen atoms in total. The van der Waals surface area contributed by atoms with Gasteiger partial charge in [0.05, 0.1) is 11.7 Å². The van der Waals surface area contributed by atoms with E-state index in [1.807, 2.05) is 12.4 Å². The average Bonchev–Trinajstić information content (AvgIpc) is 3.08. The zero-order valence-corrected chi connectivity index (χ0v) is 11.2. The number of likely N-dealkylation sites (tertiary alicyclic amines) is 1. The van der Waals surface area contributed by atoms with Gasteiger partial charge in [0.1, 0.15) is 0 Å². The van der Waals surface area contributed by atoms with E-state index >= 15 is 0 Å². The van der Waals surface area contributed by atoms with E-state index in [0.29, 0.717) is 6.04 Å². The van der Waals surface area contributed by atoms with Crippen LogP contribution in [0.3, 0.4) is 0 Å². The van der Waals surface area contributed by atoms with Gasteiger partial charge in [-0.05, 0) is 43.5 Å². The lowest BCUT2D eigenvalue weighted by Crippen LogP contribution is -2.22. The zero-order chi connectivity index (χ0) is 13.1. The van der Waals surface area contributed by atoms with Crippen molar-refractivity contribution in [2.75, 3.05) is 6.54 Å². The van der Waals surface area contributed by atoms with Crippen LogP contribution in [0, 0.1) is 0 Å². The lowest BCUT2D eigenvalue weighted by atomic mass is 10.1. The average molecular weight is 257 g/mol. The molecule has 19 heavy (non-hydrogen) atoms. The molecule has 3 rings (SSSR count). The molecule has 0 aliphatic carbocycles. The minimum atomic E-state index is 0.376. The van der Waals surface area contributed by atoms with Gasteiger partial charge in [0.25, 0.3) is 0 Å². The number of rotatable bonds is 4. The van der Waals surface area contributed by atoms with E-state index in [1.54, 1.807) is 0 Å². The molecule has 0 amide bonds. The Morgan fingerprint density at radius 2 is 2.21 bits per heavy atom. The normalized spacial score (nSPS) is 19.9. The summed E-state index contributed by atoms with van der Waals surface area (Å²) in [4.78, 5) is 6.53. The highest BCUT2D eigenvalue weighted by Gasteiger charge is 2.29. The Labute approximate surface area is 113 Å². The van der Waals surface area contributed by atoms with Gasteiger partial charge in [0.15, 0.2) is 5.76 Å². The van der Waals surface area contributed by atoms with Crippen LogP contribution in [-0.4, -0.2) is 21.6 Å². The van der Waals surface area contributed by atoms with Crippen LogP contribution in [0.25, 0.3) is 0 Å². The standard InChI is InChI=1S/C15H19N3O/c1-2-13-10-15(19-17-13)14-4-3-9-18(14)11-12-5-7-16-8-6-12/h5-8,10,14H,2-4,9,11H2,1H3/t14-/m0/s1. The van der Waals surface area contributed by atoms with E-state index < -0.39 is 0 Å². The zero-order valence-electron chi connectivity index (χ0n) is 11.2. The molecule has 1 aliphatic rings. The molecule has 1 saturated heterocycles. The van der Waals surface area contributed by atoms with Crippen molar-refractivity contribution in [1.29, 1.82) is 0 Å². The molecule has 0 spiro atoms. The van der Waals surface area contributed by atoms with Gasteiger partial charge in [-0.25, -0.2) is 0 Å². The highest BCUT2D eigenvalue weighted by molar-refractivity contribution is 5.14. The van der Waals surface area contributed by atoms with Gasteiger partial charge in [0, 0.05) is 25.0 Å². The molecule has 0 bridgehead atoms. The molecular weight excluding hydrogens is 238 g/mol. The van der Waals surface area contributed by atoms with E-state index in [0.717, 1.165) is 37.4 Å². The third-order valence-corrected chi connectivity index (χ3v) is 3.77. The summed E-state index contributed by atoms with van der Waals surface area (Å²) in [5.41, 5.74) is 2.35. The molecule has 2 aromatic heterocycles. The molecule has 2 aromatic rings. The van der Waals surface area contributed by atoms with E-state index in [2.05, 4.69) is 40.2 Å². The molecule has 0 saturated carbocycles. The summed E-state index contributed by atoms with van der Waals surface area (Å²) in [5, 5.41) is 4.11. The number of hydrogen-bond donors (Lipinski definition) is 0. The number of hydrogen-bond acceptors (Lipinski definition) is 4. The van der Waals surface area contributed by atoms with Crippen LogP contribution >= 0.6 is 0 Å². The number of nitrogens with zero attached hydrogens (tertiary/aromatic N) is 3. The first-order valence-electron chi connectivity index (χ1n) is 6.95. The van der Waals surface area contributed by atoms with Crippen molar-refractivity contribution in [2.24, 2.45) is 0 Å². The van der Waals surface area contributed by atoms with Crippen molar-refractivity contribution < 1.29 is 4.52 Å². The summed E-state index contributed by atoms with van der Waals surface area (Å²) < 4.78 is 5.50. The molecule has 0 N–H and O–H groups in total. The first-order chi connectivity index (χ1) is 9.36. The number of aromatic nitrogens is 2. The van der Waals surface area contributed by atoms with Crippen molar-refractivity contribution in [3.05, 3.63) is 47.6 Å². The summed E-state index contributed by atoms with van der Waals surface area (Å²) in [7, 11) is 0. The van der Waals surface area contributed by atoms with Crippen LogP contribution in [0.4, 0.5) is 0 Å². The predicted molar refractivity (Wildman–Crippen MR) is 72.5 cm³/mol. The van der Waals surface area contributed by atoms with Crippen molar-refractivity contribution in [3.63, 3.8) is 0 Å². The summed E-state index contributed by atoms with van der Waals surface area (Å²) in [6.07, 6.45) is 7.01. The number of pyridine rings is 1. The van der Waals surface area contributed by atoms with Crippen LogP contribution in [0.2, 0.25) is 0 Å². The first-order valence-corrected chi connectivity index (χ1v) is 6.95. The van der Waals surface area contributed by atoms with Crippen LogP contribution in [-0.2, 0) is 13.0 Å². The SMILES string of the molecule is CCc1cc([C@@H]2CCCN2Cc2ccncc2)on1. The summed E-state index contributed by atoms with van der Waals surface area (Å²) >= 11 is 0. The van der Waals surface area contributed by atoms with Gasteiger partial charge in [-0.3, -0.25) is 9.88 Å². The highest BCUT2D eigenvalue weighted by atomic mass is 16.5. The molecule has 100 valence electrons. The van der Waals surface area contributed by atoms with Gasteiger partial charge in [-0.15, -0.1) is 0 Å². The Kier molecular flexibility index (Phi) is 3.60. The topological polar surface area (TPSA) is 42.2 Å². The second-order valence-corrected chi connectivity index (χ2v) is 5.06. The van der Waals surface area contributed by atoms with Crippen molar-refractivity contribution >= 4 is 0 Å². The predicted octanol–water partition coefficient (Wildman–Crippen LogP) is 2.97. The third-order valence-electron chi connectivity index (χ3n) is 3.77. The number of aryl methyl sites for hydroxylation is 1. The van der Waals surface area contributed by atoms with Crippen LogP contribution in [0.1, 0.15) is 42.8 Å². The van der Waals surface area contributed by atoms with Crippen LogP contribution in [0.15, 0.2) is 35.1 Å². The van der Waals surface area contributed by atoms with Gasteiger partial charge in [-0.2, -0.15) is 0 Å². The van der Waals surface area contributed by atoms with Crippen molar-refractivity contribution in [2.45, 2.75) is 38.8 Å². The van der Waals surface area contributed by atoms with E-state index in [-0.39, 0.29) is 0 Å². The maximum Gasteiger partial charge on any atom is 0.154 e. The minimum absolute atomic E-state index is 0.376. The monoisotopic (exact) mass is 257 g/mol. The summed E-state index contributed by atoms with van der Waals surface area (Å²) in [6.45, 7) is 4.18. The molecule has 0 unspecified atom stereocenters. The maximum atomic E-state index is 5.50. The molecule has 0 aromatic carbocycles. The lowest BCUT2D eigenvalue weighted by molar-refractivity contribution is 0.206. The Hall–Kier alpha value is -1.68. The van der Waals surface area contributed by atoms with Crippen molar-refractivity contribution in [1.82, 2.24) is 15.0 Å². The van der Waals surface area contributed by atoms with Crippen molar-refractivity contribution in [3.8, 4) is 0 Å². The second kappa shape index (κ2) is 5.53. The fraction of sp³-hybridized carbons (Fsp3) is 0.467. The van der Waals surface area contributed by atoms with Crippen LogP contribution in [0.5, 0.6) is 0 Å². The molecule has 1 atom stereocenters. The summed E-state index contributed by atoms with van der Waals surface area (Å²) in [5.74, 6) is 1.02. The van der Waals surface area contributed by atoms with E-state index in [1.165, 1.54) is 12.0 Å². The maximum absolute atomic E-state index is 5.50. The van der Waals surface area contributed by atoms with Crippen LogP contribution < -0.4 is 0 Å². The molecule has 3 heterocycles. The first kappa shape index (κ1) is 12.4. The van der Waals surface area contributed by atoms with E-state index in [4.69, 9.17) is 4.52 Å². The Bertz CT molecular complexity index is 523. The van der Waals surface area contributed by atoms with E-state index in [9.17, 15) is 0 Å². The third kappa shape index (κ3) is 2.68. The molecular formula is C15H19N3O. The van der Waals surface area contributed by atoms with Gasteiger partial charge in [-0.1, -0.05) is 12.1 Å². The smallest absolute Gasteiger partial charge is 0.154 e. The van der Waals surface area contributed by atoms with Gasteiger partial charge < -0.3 is 4.52 Å². The summed E-state index contributed by atoms with van der Waals surface area (Å²) in [6, 6.07) is 6.64. The minimum Gasteiger partial charge on any atom is -0.359 e. The fourth-order valence-electron chi connectivity index (χ4n) is 2.71. The Balaban J connectivity index is 1.74.